The van der Waals surface area contributed by atoms with Crippen LogP contribution in [-0.2, 0) is 23.9 Å². The Morgan fingerprint density at radius 2 is 1.00 bits per heavy atom. The van der Waals surface area contributed by atoms with E-state index < -0.39 is 36.1 Å². The molecule has 38 heavy (non-hydrogen) atoms. The highest BCUT2D eigenvalue weighted by Crippen LogP contribution is 2.16. The van der Waals surface area contributed by atoms with Gasteiger partial charge in [-0.2, -0.15) is 0 Å². The second kappa shape index (κ2) is 18.9. The summed E-state index contributed by atoms with van der Waals surface area (Å²) < 4.78 is 11.0. The molecule has 9 nitrogen and oxygen atoms in total. The lowest BCUT2D eigenvalue weighted by molar-refractivity contribution is -0.157. The zero-order chi connectivity index (χ0) is 29.4. The molecule has 3 amide bonds. The van der Waals surface area contributed by atoms with Gasteiger partial charge in [-0.25, -0.2) is 9.59 Å². The first-order valence-corrected chi connectivity index (χ1v) is 14.5. The maximum Gasteiger partial charge on any atom is 0.410 e. The van der Waals surface area contributed by atoms with Crippen molar-refractivity contribution in [1.82, 2.24) is 14.7 Å². The lowest BCUT2D eigenvalue weighted by Gasteiger charge is -2.34. The van der Waals surface area contributed by atoms with E-state index in [9.17, 15) is 19.2 Å². The van der Waals surface area contributed by atoms with Crippen molar-refractivity contribution in [3.63, 3.8) is 0 Å². The van der Waals surface area contributed by atoms with Crippen LogP contribution in [0, 0.1) is 11.8 Å². The number of rotatable bonds is 18. The van der Waals surface area contributed by atoms with Gasteiger partial charge in [-0.05, 0) is 45.4 Å². The van der Waals surface area contributed by atoms with Crippen molar-refractivity contribution in [2.75, 3.05) is 34.4 Å². The van der Waals surface area contributed by atoms with E-state index in [4.69, 9.17) is 9.47 Å². The molecular weight excluding hydrogens is 486 g/mol. The molecule has 222 valence electrons. The number of hydrogen-bond acceptors (Lipinski definition) is 6. The Balaban J connectivity index is 4.99. The first-order valence-electron chi connectivity index (χ1n) is 14.5. The monoisotopic (exact) mass is 541 g/mol. The minimum absolute atomic E-state index is 0.298. The summed E-state index contributed by atoms with van der Waals surface area (Å²) in [4.78, 5) is 55.3. The number of nitrogens with zero attached hydrogens (tertiary/aromatic N) is 3. The van der Waals surface area contributed by atoms with Crippen molar-refractivity contribution >= 4 is 23.9 Å². The van der Waals surface area contributed by atoms with E-state index >= 15 is 0 Å². The number of carbonyl (C=O) groups excluding carboxylic acids is 4. The number of hydrogen-bond donors (Lipinski definition) is 0. The van der Waals surface area contributed by atoms with Gasteiger partial charge in [0.2, 0.25) is 11.8 Å². The number of esters is 1. The average molecular weight is 542 g/mol. The van der Waals surface area contributed by atoms with Crippen LogP contribution in [0.1, 0.15) is 99.8 Å². The van der Waals surface area contributed by atoms with Crippen LogP contribution in [0.5, 0.6) is 0 Å². The van der Waals surface area contributed by atoms with Gasteiger partial charge in [0.05, 0.1) is 13.2 Å². The fraction of sp³-hybridized carbons (Fsp3) is 0.862. The van der Waals surface area contributed by atoms with E-state index in [1.54, 1.807) is 20.8 Å². The van der Waals surface area contributed by atoms with E-state index in [-0.39, 0.29) is 5.91 Å². The van der Waals surface area contributed by atoms with Gasteiger partial charge in [-0.15, -0.1) is 0 Å². The van der Waals surface area contributed by atoms with E-state index in [1.165, 1.54) is 35.8 Å². The molecule has 0 aromatic heterocycles. The molecule has 0 N–H and O–H groups in total. The molecule has 0 saturated heterocycles. The number of ether oxygens (including phenoxy) is 2. The van der Waals surface area contributed by atoms with Crippen molar-refractivity contribution in [3.8, 4) is 0 Å². The third-order valence-corrected chi connectivity index (χ3v) is 7.77. The smallest absolute Gasteiger partial charge is 0.410 e. The van der Waals surface area contributed by atoms with Gasteiger partial charge >= 0.3 is 12.1 Å². The lowest BCUT2D eigenvalue weighted by atomic mass is 10.0. The largest absolute Gasteiger partial charge is 0.464 e. The Kier molecular flexibility index (Phi) is 17.7. The van der Waals surface area contributed by atoms with Crippen LogP contribution >= 0.6 is 0 Å². The van der Waals surface area contributed by atoms with Gasteiger partial charge in [0.15, 0.2) is 0 Å². The minimum atomic E-state index is -0.832. The van der Waals surface area contributed by atoms with Gasteiger partial charge in [-0.1, -0.05) is 66.2 Å². The fourth-order valence-electron chi connectivity index (χ4n) is 4.03. The number of amides is 3. The third kappa shape index (κ3) is 11.6. The molecule has 0 fully saturated rings. The molecule has 0 aliphatic rings. The second-order valence-electron chi connectivity index (χ2n) is 10.6. The van der Waals surface area contributed by atoms with Crippen LogP contribution in [0.15, 0.2) is 0 Å². The van der Waals surface area contributed by atoms with E-state index in [2.05, 4.69) is 27.7 Å². The summed E-state index contributed by atoms with van der Waals surface area (Å²) in [5.74, 6) is -0.635. The van der Waals surface area contributed by atoms with Crippen LogP contribution in [-0.4, -0.2) is 91.1 Å². The third-order valence-electron chi connectivity index (χ3n) is 7.77. The van der Waals surface area contributed by atoms with Gasteiger partial charge < -0.3 is 19.3 Å². The van der Waals surface area contributed by atoms with Crippen molar-refractivity contribution in [3.05, 3.63) is 0 Å². The van der Waals surface area contributed by atoms with Crippen molar-refractivity contribution < 1.29 is 28.7 Å². The maximum absolute atomic E-state index is 13.1. The molecule has 0 saturated carbocycles. The van der Waals surface area contributed by atoms with Crippen LogP contribution in [0.3, 0.4) is 0 Å². The Morgan fingerprint density at radius 1 is 0.605 bits per heavy atom. The summed E-state index contributed by atoms with van der Waals surface area (Å²) in [5, 5.41) is 0. The number of carbonyl (C=O) groups is 4. The van der Waals surface area contributed by atoms with E-state index in [1.807, 2.05) is 0 Å². The zero-order valence-corrected chi connectivity index (χ0v) is 25.7. The Bertz CT molecular complexity index is 671. The molecule has 0 heterocycles. The highest BCUT2D eigenvalue weighted by Gasteiger charge is 2.34. The maximum atomic E-state index is 13.1. The Morgan fingerprint density at radius 3 is 1.42 bits per heavy atom. The summed E-state index contributed by atoms with van der Waals surface area (Å²) in [6.07, 6.45) is 7.65. The normalized spacial score (nSPS) is 15.0. The Labute approximate surface area is 231 Å². The fourth-order valence-corrected chi connectivity index (χ4v) is 4.03. The molecule has 0 radical (unpaired) electrons. The quantitative estimate of drug-likeness (QED) is 0.224. The molecule has 0 spiro atoms. The predicted molar refractivity (Wildman–Crippen MR) is 151 cm³/mol. The SMILES string of the molecule is CCCCC(CC)COC(=O)C(C)N(C)C(=O)C(C)N(C)C(=O)C(C)N(C)C(=O)OCC(CC)CCCC. The van der Waals surface area contributed by atoms with Crippen LogP contribution in [0.25, 0.3) is 0 Å². The molecule has 0 aromatic rings. The minimum Gasteiger partial charge on any atom is -0.464 e. The molecule has 0 bridgehead atoms. The second-order valence-corrected chi connectivity index (χ2v) is 10.6. The first-order chi connectivity index (χ1) is 17.9. The summed E-state index contributed by atoms with van der Waals surface area (Å²) in [6.45, 7) is 13.9. The summed E-state index contributed by atoms with van der Waals surface area (Å²) in [5.41, 5.74) is 0. The molecular formula is C29H55N3O6. The van der Waals surface area contributed by atoms with Gasteiger partial charge in [0, 0.05) is 21.1 Å². The van der Waals surface area contributed by atoms with Crippen molar-refractivity contribution in [2.24, 2.45) is 11.8 Å². The molecule has 5 atom stereocenters. The predicted octanol–water partition coefficient (Wildman–Crippen LogP) is 5.11. The zero-order valence-electron chi connectivity index (χ0n) is 25.7. The highest BCUT2D eigenvalue weighted by atomic mass is 16.6. The molecule has 5 unspecified atom stereocenters. The van der Waals surface area contributed by atoms with Crippen LogP contribution in [0.2, 0.25) is 0 Å². The van der Waals surface area contributed by atoms with Gasteiger partial charge in [-0.3, -0.25) is 14.5 Å². The summed E-state index contributed by atoms with van der Waals surface area (Å²) in [6, 6.07) is -2.44. The topological polar surface area (TPSA) is 96.5 Å². The van der Waals surface area contributed by atoms with E-state index in [0.717, 1.165) is 51.4 Å². The molecule has 0 aliphatic carbocycles. The number of unbranched alkanes of at least 4 members (excludes halogenated alkanes) is 2. The standard InChI is InChI=1S/C29H55N3O6/c1-11-15-17-24(13-3)19-37-28(35)23(7)31(9)26(33)21(5)30(8)27(34)22(6)32(10)29(36)38-20-25(14-4)18-16-12-2/h21-25H,11-20H2,1-10H3. The first kappa shape index (κ1) is 35.7. The number of likely N-dealkylation sites (N-methyl/N-ethyl adjacent to an activating group) is 3. The Hall–Kier alpha value is -2.32. The molecule has 9 heteroatoms. The van der Waals surface area contributed by atoms with Crippen LogP contribution in [0.4, 0.5) is 4.79 Å². The summed E-state index contributed by atoms with van der Waals surface area (Å²) >= 11 is 0. The van der Waals surface area contributed by atoms with Crippen molar-refractivity contribution in [1.29, 1.82) is 0 Å². The summed E-state index contributed by atoms with van der Waals surface area (Å²) in [7, 11) is 4.58. The van der Waals surface area contributed by atoms with Crippen LogP contribution < -0.4 is 0 Å². The van der Waals surface area contributed by atoms with Gasteiger partial charge in [0.25, 0.3) is 0 Å². The average Bonchev–Trinajstić information content (AvgIpc) is 2.93. The molecule has 0 aromatic carbocycles. The molecule has 0 aliphatic heterocycles. The van der Waals surface area contributed by atoms with E-state index in [0.29, 0.717) is 25.0 Å². The molecule has 0 rings (SSSR count). The van der Waals surface area contributed by atoms with Crippen molar-refractivity contribution in [2.45, 2.75) is 118 Å². The van der Waals surface area contributed by atoms with Gasteiger partial charge in [0.1, 0.15) is 18.1 Å². The highest BCUT2D eigenvalue weighted by molar-refractivity contribution is 5.92. The lowest BCUT2D eigenvalue weighted by Crippen LogP contribution is -2.55.